The fourth-order valence-electron chi connectivity index (χ4n) is 3.37. The topological polar surface area (TPSA) is 52.7 Å². The van der Waals surface area contributed by atoms with Gasteiger partial charge in [-0.15, -0.1) is 0 Å². The van der Waals surface area contributed by atoms with E-state index in [4.69, 9.17) is 0 Å². The molecule has 1 N–H and O–H groups in total. The van der Waals surface area contributed by atoms with Crippen LogP contribution in [0.3, 0.4) is 0 Å². The second kappa shape index (κ2) is 8.71. The van der Waals surface area contributed by atoms with E-state index < -0.39 is 0 Å². The summed E-state index contributed by atoms with van der Waals surface area (Å²) in [6.45, 7) is 7.40. The zero-order valence-corrected chi connectivity index (χ0v) is 16.1. The number of hydrogen-bond donors (Lipinski definition) is 1. The molecule has 0 atom stereocenters. The summed E-state index contributed by atoms with van der Waals surface area (Å²) in [7, 11) is 0. The van der Waals surface area contributed by atoms with Crippen LogP contribution in [-0.4, -0.2) is 49.4 Å². The molecule has 1 aliphatic rings. The number of nitrogens with one attached hydrogen (secondary N) is 1. The van der Waals surface area contributed by atoms with Crippen LogP contribution in [-0.2, 0) is 11.2 Å². The molecule has 0 radical (unpaired) electrons. The van der Waals surface area contributed by atoms with Crippen molar-refractivity contribution in [2.75, 3.05) is 37.6 Å². The maximum Gasteiger partial charge on any atom is 0.253 e. The maximum atomic E-state index is 12.8. The summed E-state index contributed by atoms with van der Waals surface area (Å²) in [5, 5.41) is 2.79. The van der Waals surface area contributed by atoms with Crippen molar-refractivity contribution >= 4 is 17.5 Å². The number of hydrogen-bond acceptors (Lipinski definition) is 3. The lowest BCUT2D eigenvalue weighted by molar-refractivity contribution is -0.118. The Kier molecular flexibility index (Phi) is 6.12. The van der Waals surface area contributed by atoms with E-state index in [1.165, 1.54) is 18.2 Å². The highest BCUT2D eigenvalue weighted by molar-refractivity contribution is 5.94. The van der Waals surface area contributed by atoms with Gasteiger partial charge >= 0.3 is 0 Å². The Morgan fingerprint density at radius 2 is 1.70 bits per heavy atom. The van der Waals surface area contributed by atoms with Crippen LogP contribution in [0.15, 0.2) is 48.5 Å². The van der Waals surface area contributed by atoms with Crippen molar-refractivity contribution in [1.82, 2.24) is 10.2 Å². The molecule has 0 bridgehead atoms. The Bertz CT molecular complexity index is 793. The van der Waals surface area contributed by atoms with Gasteiger partial charge in [-0.25, -0.2) is 0 Å². The van der Waals surface area contributed by atoms with Gasteiger partial charge < -0.3 is 15.1 Å². The van der Waals surface area contributed by atoms with Crippen molar-refractivity contribution in [3.8, 4) is 0 Å². The summed E-state index contributed by atoms with van der Waals surface area (Å²) in [6, 6.07) is 16.2. The van der Waals surface area contributed by atoms with Gasteiger partial charge in [0, 0.05) is 50.9 Å². The van der Waals surface area contributed by atoms with Gasteiger partial charge in [-0.2, -0.15) is 0 Å². The van der Waals surface area contributed by atoms with Crippen LogP contribution >= 0.6 is 0 Å². The van der Waals surface area contributed by atoms with Crippen molar-refractivity contribution < 1.29 is 9.59 Å². The average Bonchev–Trinajstić information content (AvgIpc) is 2.68. The van der Waals surface area contributed by atoms with Gasteiger partial charge in [0.15, 0.2) is 0 Å². The largest absolute Gasteiger partial charge is 0.368 e. The second-order valence-electron chi connectivity index (χ2n) is 7.05. The first kappa shape index (κ1) is 19.0. The average molecular weight is 365 g/mol. The second-order valence-corrected chi connectivity index (χ2v) is 7.05. The minimum atomic E-state index is -0.0217. The lowest BCUT2D eigenvalue weighted by atomic mass is 10.1. The van der Waals surface area contributed by atoms with Crippen LogP contribution in [0.4, 0.5) is 5.69 Å². The molecule has 2 aromatic carbocycles. The predicted octanol–water partition coefficient (Wildman–Crippen LogP) is 2.64. The van der Waals surface area contributed by atoms with Crippen molar-refractivity contribution in [1.29, 1.82) is 0 Å². The molecule has 3 rings (SSSR count). The summed E-state index contributed by atoms with van der Waals surface area (Å²) in [6.07, 6.45) is 0.767. The molecule has 2 amide bonds. The number of benzene rings is 2. The number of nitrogens with zero attached hydrogens (tertiary/aromatic N) is 2. The Labute approximate surface area is 161 Å². The monoisotopic (exact) mass is 365 g/mol. The highest BCUT2D eigenvalue weighted by atomic mass is 16.2. The molecule has 0 unspecified atom stereocenters. The van der Waals surface area contributed by atoms with Crippen LogP contribution in [0.25, 0.3) is 0 Å². The van der Waals surface area contributed by atoms with Crippen LogP contribution in [0, 0.1) is 6.92 Å². The van der Waals surface area contributed by atoms with Crippen LogP contribution < -0.4 is 10.2 Å². The molecule has 1 heterocycles. The number of piperazine rings is 1. The van der Waals surface area contributed by atoms with E-state index in [1.54, 1.807) is 0 Å². The quantitative estimate of drug-likeness (QED) is 0.886. The zero-order valence-electron chi connectivity index (χ0n) is 16.1. The number of carbonyl (C=O) groups excluding carboxylic acids is 2. The lowest BCUT2D eigenvalue weighted by Gasteiger charge is -2.36. The molecule has 0 saturated carbocycles. The smallest absolute Gasteiger partial charge is 0.253 e. The Hall–Kier alpha value is -2.82. The van der Waals surface area contributed by atoms with Gasteiger partial charge in [0.2, 0.25) is 5.91 Å². The summed E-state index contributed by atoms with van der Waals surface area (Å²) < 4.78 is 0. The first-order valence-corrected chi connectivity index (χ1v) is 9.47. The van der Waals surface area contributed by atoms with E-state index >= 15 is 0 Å². The number of carbonyl (C=O) groups is 2. The molecular formula is C22H27N3O2. The Balaban J connectivity index is 1.53. The molecule has 1 aliphatic heterocycles. The van der Waals surface area contributed by atoms with Crippen molar-refractivity contribution in [2.24, 2.45) is 0 Å². The first-order valence-electron chi connectivity index (χ1n) is 9.47. The van der Waals surface area contributed by atoms with E-state index in [0.717, 1.165) is 43.7 Å². The molecule has 0 aliphatic carbocycles. The molecule has 0 spiro atoms. The van der Waals surface area contributed by atoms with Crippen molar-refractivity contribution in [2.45, 2.75) is 20.3 Å². The molecule has 142 valence electrons. The molecule has 2 aromatic rings. The highest BCUT2D eigenvalue weighted by Crippen LogP contribution is 2.19. The van der Waals surface area contributed by atoms with E-state index in [1.807, 2.05) is 29.2 Å². The molecule has 1 saturated heterocycles. The minimum absolute atomic E-state index is 0.0217. The van der Waals surface area contributed by atoms with Crippen LogP contribution in [0.2, 0.25) is 0 Å². The van der Waals surface area contributed by atoms with Gasteiger partial charge in [-0.05, 0) is 48.7 Å². The molecule has 27 heavy (non-hydrogen) atoms. The fraction of sp³-hybridized carbons (Fsp3) is 0.364. The molecule has 5 heteroatoms. The zero-order chi connectivity index (χ0) is 19.2. The van der Waals surface area contributed by atoms with E-state index in [0.29, 0.717) is 6.54 Å². The third kappa shape index (κ3) is 5.09. The Morgan fingerprint density at radius 3 is 2.33 bits per heavy atom. The number of anilines is 1. The third-order valence-electron chi connectivity index (χ3n) is 4.92. The van der Waals surface area contributed by atoms with Crippen LogP contribution in [0.5, 0.6) is 0 Å². The molecule has 1 fully saturated rings. The Morgan fingerprint density at radius 1 is 1.00 bits per heavy atom. The molecule has 5 nitrogen and oxygen atoms in total. The number of amides is 2. The van der Waals surface area contributed by atoms with Gasteiger partial charge in [-0.1, -0.05) is 24.3 Å². The summed E-state index contributed by atoms with van der Waals surface area (Å²) in [5.74, 6) is 0.0684. The standard InChI is InChI=1S/C22H27N3O2/c1-17-4-3-5-21(16-17)24-12-14-25(15-13-24)22(27)20-8-6-19(7-9-20)10-11-23-18(2)26/h3-9,16H,10-15H2,1-2H3,(H,23,26). The summed E-state index contributed by atoms with van der Waals surface area (Å²) in [5.41, 5.74) is 4.32. The summed E-state index contributed by atoms with van der Waals surface area (Å²) >= 11 is 0. The first-order chi connectivity index (χ1) is 13.0. The van der Waals surface area contributed by atoms with E-state index in [2.05, 4.69) is 41.4 Å². The fourth-order valence-corrected chi connectivity index (χ4v) is 3.37. The molecular weight excluding hydrogens is 338 g/mol. The van der Waals surface area contributed by atoms with Gasteiger partial charge in [-0.3, -0.25) is 9.59 Å². The van der Waals surface area contributed by atoms with E-state index in [-0.39, 0.29) is 11.8 Å². The normalized spacial score (nSPS) is 14.1. The lowest BCUT2D eigenvalue weighted by Crippen LogP contribution is -2.48. The van der Waals surface area contributed by atoms with Gasteiger partial charge in [0.05, 0.1) is 0 Å². The minimum Gasteiger partial charge on any atom is -0.368 e. The van der Waals surface area contributed by atoms with Crippen molar-refractivity contribution in [3.63, 3.8) is 0 Å². The predicted molar refractivity (Wildman–Crippen MR) is 108 cm³/mol. The number of aryl methyl sites for hydroxylation is 1. The van der Waals surface area contributed by atoms with Crippen LogP contribution in [0.1, 0.15) is 28.4 Å². The third-order valence-corrected chi connectivity index (χ3v) is 4.92. The maximum absolute atomic E-state index is 12.8. The SMILES string of the molecule is CC(=O)NCCc1ccc(C(=O)N2CCN(c3cccc(C)c3)CC2)cc1. The summed E-state index contributed by atoms with van der Waals surface area (Å²) in [4.78, 5) is 27.9. The number of rotatable bonds is 5. The molecule has 0 aromatic heterocycles. The van der Waals surface area contributed by atoms with Crippen molar-refractivity contribution in [3.05, 3.63) is 65.2 Å². The van der Waals surface area contributed by atoms with E-state index in [9.17, 15) is 9.59 Å². The highest BCUT2D eigenvalue weighted by Gasteiger charge is 2.22. The van der Waals surface area contributed by atoms with Gasteiger partial charge in [0.1, 0.15) is 0 Å². The van der Waals surface area contributed by atoms with Gasteiger partial charge in [0.25, 0.3) is 5.91 Å².